The van der Waals surface area contributed by atoms with E-state index in [1.165, 1.54) is 42.8 Å². The lowest BCUT2D eigenvalue weighted by atomic mass is 10.2. The molecule has 1 N–H and O–H groups in total. The minimum absolute atomic E-state index is 0.0217. The summed E-state index contributed by atoms with van der Waals surface area (Å²) in [6, 6.07) is 18.2. The monoisotopic (exact) mass is 510 g/mol. The van der Waals surface area contributed by atoms with Crippen molar-refractivity contribution in [2.75, 3.05) is 31.7 Å². The van der Waals surface area contributed by atoms with E-state index in [0.29, 0.717) is 30.2 Å². The summed E-state index contributed by atoms with van der Waals surface area (Å²) >= 11 is 0. The van der Waals surface area contributed by atoms with Crippen LogP contribution in [0, 0.1) is 0 Å². The van der Waals surface area contributed by atoms with Gasteiger partial charge >= 0.3 is 5.97 Å². The van der Waals surface area contributed by atoms with Gasteiger partial charge in [0.25, 0.3) is 15.9 Å². The summed E-state index contributed by atoms with van der Waals surface area (Å²) in [5.41, 5.74) is 2.40. The zero-order valence-corrected chi connectivity index (χ0v) is 20.7. The SMILES string of the molecule is COc1ccc(CNC(=O)COC(=O)c2cccc(S(=O)(=O)N3CCc4ccccc43)c2)cc1OC. The third-order valence-electron chi connectivity index (χ3n) is 5.77. The number of amides is 1. The van der Waals surface area contributed by atoms with Gasteiger partial charge in [-0.2, -0.15) is 0 Å². The molecule has 1 aliphatic heterocycles. The van der Waals surface area contributed by atoms with Crippen LogP contribution in [0.1, 0.15) is 21.5 Å². The second-order valence-electron chi connectivity index (χ2n) is 8.03. The van der Waals surface area contributed by atoms with Gasteiger partial charge in [-0.25, -0.2) is 13.2 Å². The molecule has 0 saturated heterocycles. The molecule has 188 valence electrons. The third-order valence-corrected chi connectivity index (χ3v) is 7.58. The van der Waals surface area contributed by atoms with Gasteiger partial charge in [0.1, 0.15) is 0 Å². The number of rotatable bonds is 9. The molecule has 0 fully saturated rings. The highest BCUT2D eigenvalue weighted by molar-refractivity contribution is 7.92. The van der Waals surface area contributed by atoms with E-state index in [4.69, 9.17) is 14.2 Å². The molecule has 0 aromatic heterocycles. The highest BCUT2D eigenvalue weighted by Gasteiger charge is 2.31. The maximum Gasteiger partial charge on any atom is 0.338 e. The van der Waals surface area contributed by atoms with E-state index >= 15 is 0 Å². The zero-order chi connectivity index (χ0) is 25.7. The van der Waals surface area contributed by atoms with Gasteiger partial charge < -0.3 is 19.5 Å². The maximum atomic E-state index is 13.2. The quantitative estimate of drug-likeness (QED) is 0.441. The molecule has 1 amide bonds. The van der Waals surface area contributed by atoms with Crippen molar-refractivity contribution in [2.24, 2.45) is 0 Å². The molecule has 0 bridgehead atoms. The number of carbonyl (C=O) groups excluding carboxylic acids is 2. The summed E-state index contributed by atoms with van der Waals surface area (Å²) in [6.07, 6.45) is 0.621. The Balaban J connectivity index is 1.36. The van der Waals surface area contributed by atoms with Crippen molar-refractivity contribution in [3.05, 3.63) is 83.4 Å². The summed E-state index contributed by atoms with van der Waals surface area (Å²) in [6.45, 7) is 0.0149. The van der Waals surface area contributed by atoms with Crippen molar-refractivity contribution in [2.45, 2.75) is 17.9 Å². The van der Waals surface area contributed by atoms with E-state index in [1.807, 2.05) is 12.1 Å². The minimum Gasteiger partial charge on any atom is -0.493 e. The van der Waals surface area contributed by atoms with Crippen molar-refractivity contribution in [1.82, 2.24) is 5.32 Å². The fourth-order valence-corrected chi connectivity index (χ4v) is 5.47. The summed E-state index contributed by atoms with van der Waals surface area (Å²) in [5.74, 6) is -0.201. The molecular weight excluding hydrogens is 484 g/mol. The van der Waals surface area contributed by atoms with Gasteiger partial charge in [-0.1, -0.05) is 30.3 Å². The number of nitrogens with zero attached hydrogens (tertiary/aromatic N) is 1. The highest BCUT2D eigenvalue weighted by atomic mass is 32.2. The summed E-state index contributed by atoms with van der Waals surface area (Å²) in [4.78, 5) is 24.7. The Morgan fingerprint density at radius 2 is 1.72 bits per heavy atom. The molecule has 4 rings (SSSR count). The van der Waals surface area contributed by atoms with Gasteiger partial charge in [0.05, 0.1) is 30.4 Å². The normalized spacial score (nSPS) is 12.6. The molecular formula is C26H26N2O7S. The number of hydrogen-bond acceptors (Lipinski definition) is 7. The Morgan fingerprint density at radius 3 is 2.50 bits per heavy atom. The van der Waals surface area contributed by atoms with Crippen LogP contribution < -0.4 is 19.1 Å². The number of ether oxygens (including phenoxy) is 3. The van der Waals surface area contributed by atoms with Crippen LogP contribution in [0.5, 0.6) is 11.5 Å². The van der Waals surface area contributed by atoms with Crippen LogP contribution in [-0.2, 0) is 32.5 Å². The van der Waals surface area contributed by atoms with E-state index < -0.39 is 28.5 Å². The fraction of sp³-hybridized carbons (Fsp3) is 0.231. The van der Waals surface area contributed by atoms with Crippen molar-refractivity contribution >= 4 is 27.6 Å². The Labute approximate surface area is 209 Å². The number of benzene rings is 3. The lowest BCUT2D eigenvalue weighted by molar-refractivity contribution is -0.124. The molecule has 0 radical (unpaired) electrons. The average molecular weight is 511 g/mol. The van der Waals surface area contributed by atoms with Gasteiger partial charge in [0.2, 0.25) is 0 Å². The number of carbonyl (C=O) groups is 2. The number of methoxy groups -OCH3 is 2. The fourth-order valence-electron chi connectivity index (χ4n) is 3.93. The maximum absolute atomic E-state index is 13.2. The van der Waals surface area contributed by atoms with E-state index in [1.54, 1.807) is 30.3 Å². The minimum atomic E-state index is -3.86. The first-order chi connectivity index (χ1) is 17.3. The number of nitrogens with one attached hydrogen (secondary N) is 1. The number of para-hydroxylation sites is 1. The second-order valence-corrected chi connectivity index (χ2v) is 9.89. The van der Waals surface area contributed by atoms with Crippen LogP contribution in [0.4, 0.5) is 5.69 Å². The first kappa shape index (κ1) is 25.1. The van der Waals surface area contributed by atoms with Crippen molar-refractivity contribution < 1.29 is 32.2 Å². The van der Waals surface area contributed by atoms with E-state index in [-0.39, 0.29) is 17.0 Å². The number of sulfonamides is 1. The van der Waals surface area contributed by atoms with E-state index in [2.05, 4.69) is 5.32 Å². The van der Waals surface area contributed by atoms with E-state index in [0.717, 1.165) is 11.1 Å². The topological polar surface area (TPSA) is 111 Å². The van der Waals surface area contributed by atoms with Gasteiger partial charge in [-0.05, 0) is 53.9 Å². The lowest BCUT2D eigenvalue weighted by Gasteiger charge is -2.19. The number of hydrogen-bond donors (Lipinski definition) is 1. The number of esters is 1. The van der Waals surface area contributed by atoms with Crippen LogP contribution >= 0.6 is 0 Å². The van der Waals surface area contributed by atoms with Crippen LogP contribution in [0.3, 0.4) is 0 Å². The van der Waals surface area contributed by atoms with Crippen LogP contribution in [0.15, 0.2) is 71.6 Å². The molecule has 10 heteroatoms. The van der Waals surface area contributed by atoms with Gasteiger partial charge in [0, 0.05) is 13.1 Å². The summed E-state index contributed by atoms with van der Waals surface area (Å²) < 4.78 is 43.4. The van der Waals surface area contributed by atoms with Crippen molar-refractivity contribution in [3.63, 3.8) is 0 Å². The zero-order valence-electron chi connectivity index (χ0n) is 19.9. The Hall–Kier alpha value is -4.05. The second kappa shape index (κ2) is 10.7. The predicted octanol–water partition coefficient (Wildman–Crippen LogP) is 2.93. The third kappa shape index (κ3) is 5.28. The molecule has 0 atom stereocenters. The molecule has 0 spiro atoms. The predicted molar refractivity (Wildman–Crippen MR) is 133 cm³/mol. The molecule has 9 nitrogen and oxygen atoms in total. The van der Waals surface area contributed by atoms with Gasteiger partial charge in [-0.3, -0.25) is 9.10 Å². The molecule has 0 unspecified atom stereocenters. The largest absolute Gasteiger partial charge is 0.493 e. The Morgan fingerprint density at radius 1 is 0.944 bits per heavy atom. The lowest BCUT2D eigenvalue weighted by Crippen LogP contribution is -2.29. The molecule has 1 heterocycles. The van der Waals surface area contributed by atoms with Crippen LogP contribution in [0.2, 0.25) is 0 Å². The van der Waals surface area contributed by atoms with Gasteiger partial charge in [0.15, 0.2) is 18.1 Å². The molecule has 3 aromatic carbocycles. The molecule has 0 saturated carbocycles. The standard InChI is InChI=1S/C26H26N2O7S/c1-33-23-11-10-18(14-24(23)34-2)16-27-25(29)17-35-26(30)20-7-5-8-21(15-20)36(31,32)28-13-12-19-6-3-4-9-22(19)28/h3-11,14-15H,12-13,16-17H2,1-2H3,(H,27,29). The van der Waals surface area contributed by atoms with Crippen LogP contribution in [0.25, 0.3) is 0 Å². The van der Waals surface area contributed by atoms with Gasteiger partial charge in [-0.15, -0.1) is 0 Å². The average Bonchev–Trinajstić information content (AvgIpc) is 3.35. The number of anilines is 1. The smallest absolute Gasteiger partial charge is 0.338 e. The molecule has 0 aliphatic carbocycles. The Kier molecular flexibility index (Phi) is 7.44. The van der Waals surface area contributed by atoms with Crippen LogP contribution in [-0.4, -0.2) is 47.7 Å². The molecule has 3 aromatic rings. The highest BCUT2D eigenvalue weighted by Crippen LogP contribution is 2.33. The van der Waals surface area contributed by atoms with Crippen molar-refractivity contribution in [1.29, 1.82) is 0 Å². The number of fused-ring (bicyclic) bond motifs is 1. The summed E-state index contributed by atoms with van der Waals surface area (Å²) in [5, 5.41) is 2.66. The first-order valence-corrected chi connectivity index (χ1v) is 12.6. The first-order valence-electron chi connectivity index (χ1n) is 11.2. The Bertz CT molecular complexity index is 1390. The molecule has 36 heavy (non-hydrogen) atoms. The molecule has 1 aliphatic rings. The van der Waals surface area contributed by atoms with Crippen molar-refractivity contribution in [3.8, 4) is 11.5 Å². The van der Waals surface area contributed by atoms with E-state index in [9.17, 15) is 18.0 Å². The summed E-state index contributed by atoms with van der Waals surface area (Å²) in [7, 11) is -0.813.